The molecule has 0 saturated heterocycles. The Bertz CT molecular complexity index is 583. The third-order valence-corrected chi connectivity index (χ3v) is 3.19. The number of carbonyl (C=O) groups is 1. The van der Waals surface area contributed by atoms with Crippen LogP contribution in [0.1, 0.15) is 25.0 Å². The van der Waals surface area contributed by atoms with Gasteiger partial charge in [0.25, 0.3) is 0 Å². The Hall–Kier alpha value is -1.61. The minimum absolute atomic E-state index is 0.0147. The third-order valence-electron chi connectivity index (χ3n) is 2.92. The minimum Gasteiger partial charge on any atom is -0.324 e. The summed E-state index contributed by atoms with van der Waals surface area (Å²) in [5, 5.41) is 3.96. The number of hydrogen-bond donors (Lipinski definition) is 1. The van der Waals surface area contributed by atoms with Crippen LogP contribution in [0.4, 0.5) is 5.69 Å². The highest BCUT2D eigenvalue weighted by molar-refractivity contribution is 6.17. The smallest absolute Gasteiger partial charge is 0.224 e. The molecule has 0 aliphatic carbocycles. The van der Waals surface area contributed by atoms with Crippen molar-refractivity contribution < 1.29 is 4.79 Å². The summed E-state index contributed by atoms with van der Waals surface area (Å²) < 4.78 is 0. The zero-order valence-electron chi connectivity index (χ0n) is 10.9. The first kappa shape index (κ1) is 13.8. The third kappa shape index (κ3) is 3.67. The van der Waals surface area contributed by atoms with Gasteiger partial charge in [-0.15, -0.1) is 11.6 Å². The summed E-state index contributed by atoms with van der Waals surface area (Å²) in [6, 6.07) is 9.78. The summed E-state index contributed by atoms with van der Waals surface area (Å²) in [6.45, 7) is 1.94. The van der Waals surface area contributed by atoms with Gasteiger partial charge in [0.15, 0.2) is 0 Å². The topological polar surface area (TPSA) is 42.0 Å². The summed E-state index contributed by atoms with van der Waals surface area (Å²) in [5.74, 6) is 0.614. The van der Waals surface area contributed by atoms with E-state index in [1.165, 1.54) is 0 Å². The Balaban J connectivity index is 2.16. The van der Waals surface area contributed by atoms with Crippen LogP contribution < -0.4 is 5.32 Å². The molecule has 0 bridgehead atoms. The predicted octanol–water partition coefficient (Wildman–Crippen LogP) is 3.89. The molecule has 0 atom stereocenters. The van der Waals surface area contributed by atoms with Gasteiger partial charge in [0.05, 0.1) is 11.2 Å². The SMILES string of the molecule is Cc1ccc2cccc(NC(=O)CCCCCl)c2n1. The lowest BCUT2D eigenvalue weighted by molar-refractivity contribution is -0.116. The Morgan fingerprint density at radius 2 is 2.11 bits per heavy atom. The quantitative estimate of drug-likeness (QED) is 0.665. The highest BCUT2D eigenvalue weighted by atomic mass is 35.5. The van der Waals surface area contributed by atoms with Crippen molar-refractivity contribution in [3.63, 3.8) is 0 Å². The van der Waals surface area contributed by atoms with E-state index in [4.69, 9.17) is 11.6 Å². The van der Waals surface area contributed by atoms with Crippen molar-refractivity contribution in [2.75, 3.05) is 11.2 Å². The number of benzene rings is 1. The fraction of sp³-hybridized carbons (Fsp3) is 0.333. The van der Waals surface area contributed by atoms with Gasteiger partial charge < -0.3 is 5.32 Å². The minimum atomic E-state index is 0.0147. The molecular weight excluding hydrogens is 260 g/mol. The Labute approximate surface area is 118 Å². The number of alkyl halides is 1. The summed E-state index contributed by atoms with van der Waals surface area (Å²) in [6.07, 6.45) is 2.17. The number of pyridine rings is 1. The van der Waals surface area contributed by atoms with Crippen LogP contribution in [0.5, 0.6) is 0 Å². The van der Waals surface area contributed by atoms with Crippen molar-refractivity contribution in [3.05, 3.63) is 36.0 Å². The van der Waals surface area contributed by atoms with Crippen molar-refractivity contribution in [3.8, 4) is 0 Å². The van der Waals surface area contributed by atoms with E-state index in [2.05, 4.69) is 10.3 Å². The first-order chi connectivity index (χ1) is 9.20. The van der Waals surface area contributed by atoms with E-state index in [-0.39, 0.29) is 5.91 Å². The van der Waals surface area contributed by atoms with Crippen molar-refractivity contribution in [2.24, 2.45) is 0 Å². The number of hydrogen-bond acceptors (Lipinski definition) is 2. The van der Waals surface area contributed by atoms with Gasteiger partial charge in [-0.25, -0.2) is 0 Å². The lowest BCUT2D eigenvalue weighted by Crippen LogP contribution is -2.11. The van der Waals surface area contributed by atoms with Gasteiger partial charge in [0.2, 0.25) is 5.91 Å². The zero-order chi connectivity index (χ0) is 13.7. The average Bonchev–Trinajstić information content (AvgIpc) is 2.40. The highest BCUT2D eigenvalue weighted by Crippen LogP contribution is 2.22. The molecule has 1 aromatic carbocycles. The van der Waals surface area contributed by atoms with Crippen LogP contribution in [0.25, 0.3) is 10.9 Å². The van der Waals surface area contributed by atoms with Gasteiger partial charge in [0.1, 0.15) is 0 Å². The number of para-hydroxylation sites is 1. The van der Waals surface area contributed by atoms with Gasteiger partial charge in [-0.3, -0.25) is 9.78 Å². The number of nitrogens with zero attached hydrogens (tertiary/aromatic N) is 1. The maximum absolute atomic E-state index is 11.8. The monoisotopic (exact) mass is 276 g/mol. The van der Waals surface area contributed by atoms with Crippen LogP contribution in [0.3, 0.4) is 0 Å². The second-order valence-corrected chi connectivity index (χ2v) is 4.90. The first-order valence-electron chi connectivity index (χ1n) is 6.43. The highest BCUT2D eigenvalue weighted by Gasteiger charge is 2.06. The molecule has 2 aromatic rings. The molecule has 0 unspecified atom stereocenters. The van der Waals surface area contributed by atoms with Gasteiger partial charge in [-0.1, -0.05) is 18.2 Å². The van der Waals surface area contributed by atoms with E-state index >= 15 is 0 Å². The summed E-state index contributed by atoms with van der Waals surface area (Å²) in [7, 11) is 0. The Kier molecular flexibility index (Phi) is 4.74. The average molecular weight is 277 g/mol. The van der Waals surface area contributed by atoms with Crippen molar-refractivity contribution in [1.29, 1.82) is 0 Å². The maximum atomic E-state index is 11.8. The van der Waals surface area contributed by atoms with Crippen LogP contribution in [-0.4, -0.2) is 16.8 Å². The van der Waals surface area contributed by atoms with Crippen molar-refractivity contribution >= 4 is 34.1 Å². The number of halogens is 1. The maximum Gasteiger partial charge on any atom is 0.224 e. The molecule has 4 heteroatoms. The first-order valence-corrected chi connectivity index (χ1v) is 6.96. The van der Waals surface area contributed by atoms with Gasteiger partial charge in [0, 0.05) is 23.4 Å². The molecule has 1 N–H and O–H groups in total. The standard InChI is InChI=1S/C15H17ClN2O/c1-11-8-9-12-5-4-6-13(15(12)17-11)18-14(19)7-2-3-10-16/h4-6,8-9H,2-3,7,10H2,1H3,(H,18,19). The number of aryl methyl sites for hydroxylation is 1. The molecule has 0 fully saturated rings. The number of aromatic nitrogens is 1. The van der Waals surface area contributed by atoms with E-state index in [1.807, 2.05) is 37.3 Å². The van der Waals surface area contributed by atoms with Gasteiger partial charge >= 0.3 is 0 Å². The zero-order valence-corrected chi connectivity index (χ0v) is 11.7. The molecule has 0 aliphatic heterocycles. The Morgan fingerprint density at radius 3 is 2.89 bits per heavy atom. The van der Waals surface area contributed by atoms with Gasteiger partial charge in [-0.2, -0.15) is 0 Å². The van der Waals surface area contributed by atoms with Crippen LogP contribution in [0.2, 0.25) is 0 Å². The molecule has 19 heavy (non-hydrogen) atoms. The summed E-state index contributed by atoms with van der Waals surface area (Å²) in [4.78, 5) is 16.3. The number of nitrogens with one attached hydrogen (secondary N) is 1. The number of unbranched alkanes of at least 4 members (excludes halogenated alkanes) is 1. The van der Waals surface area contributed by atoms with E-state index in [0.29, 0.717) is 12.3 Å². The van der Waals surface area contributed by atoms with Crippen LogP contribution in [0.15, 0.2) is 30.3 Å². The Morgan fingerprint density at radius 1 is 1.26 bits per heavy atom. The molecule has 0 radical (unpaired) electrons. The normalized spacial score (nSPS) is 10.6. The number of carbonyl (C=O) groups excluding carboxylic acids is 1. The molecule has 100 valence electrons. The van der Waals surface area contributed by atoms with E-state index in [0.717, 1.165) is 35.1 Å². The lowest BCUT2D eigenvalue weighted by atomic mass is 10.1. The molecular formula is C15H17ClN2O. The van der Waals surface area contributed by atoms with Crippen molar-refractivity contribution in [1.82, 2.24) is 4.98 Å². The predicted molar refractivity (Wildman–Crippen MR) is 79.7 cm³/mol. The van der Waals surface area contributed by atoms with Crippen LogP contribution >= 0.6 is 11.6 Å². The number of anilines is 1. The van der Waals surface area contributed by atoms with Crippen LogP contribution in [0, 0.1) is 6.92 Å². The molecule has 0 saturated carbocycles. The number of amides is 1. The molecule has 0 spiro atoms. The number of fused-ring (bicyclic) bond motifs is 1. The molecule has 1 aromatic heterocycles. The number of rotatable bonds is 5. The molecule has 0 aliphatic rings. The van der Waals surface area contributed by atoms with Crippen LogP contribution in [-0.2, 0) is 4.79 Å². The van der Waals surface area contributed by atoms with Gasteiger partial charge in [-0.05, 0) is 31.9 Å². The molecule has 2 rings (SSSR count). The second kappa shape index (κ2) is 6.53. The largest absolute Gasteiger partial charge is 0.324 e. The van der Waals surface area contributed by atoms with E-state index in [9.17, 15) is 4.79 Å². The fourth-order valence-electron chi connectivity index (χ4n) is 1.94. The van der Waals surface area contributed by atoms with E-state index in [1.54, 1.807) is 0 Å². The second-order valence-electron chi connectivity index (χ2n) is 4.52. The molecule has 1 heterocycles. The van der Waals surface area contributed by atoms with E-state index < -0.39 is 0 Å². The molecule has 3 nitrogen and oxygen atoms in total. The fourth-order valence-corrected chi connectivity index (χ4v) is 2.13. The van der Waals surface area contributed by atoms with Crippen molar-refractivity contribution in [2.45, 2.75) is 26.2 Å². The summed E-state index contributed by atoms with van der Waals surface area (Å²) in [5.41, 5.74) is 2.56. The summed E-state index contributed by atoms with van der Waals surface area (Å²) >= 11 is 5.60. The molecule has 1 amide bonds. The lowest BCUT2D eigenvalue weighted by Gasteiger charge is -2.08.